The molecule has 0 aromatic heterocycles. The van der Waals surface area contributed by atoms with Gasteiger partial charge in [0.2, 0.25) is 0 Å². The molecule has 0 aliphatic rings. The third-order valence-electron chi connectivity index (χ3n) is 2.87. The Balaban J connectivity index is 2.03. The molecule has 0 atom stereocenters. The average molecular weight is 301 g/mol. The van der Waals surface area contributed by atoms with Gasteiger partial charge < -0.3 is 9.47 Å². The molecule has 2 nitrogen and oxygen atoms in total. The van der Waals surface area contributed by atoms with Gasteiger partial charge in [0.15, 0.2) is 0 Å². The van der Waals surface area contributed by atoms with Crippen molar-refractivity contribution in [1.82, 2.24) is 0 Å². The molecule has 0 saturated heterocycles. The summed E-state index contributed by atoms with van der Waals surface area (Å²) < 4.78 is 11.1. The lowest BCUT2D eigenvalue weighted by Crippen LogP contribution is -1.98. The van der Waals surface area contributed by atoms with Gasteiger partial charge in [-0.25, -0.2) is 0 Å². The lowest BCUT2D eigenvalue weighted by molar-refractivity contribution is 0.296. The third-order valence-corrected chi connectivity index (χ3v) is 3.06. The molecule has 0 unspecified atom stereocenters. The van der Waals surface area contributed by atoms with Crippen LogP contribution in [-0.2, 0) is 6.61 Å². The van der Waals surface area contributed by atoms with Crippen LogP contribution in [0.3, 0.4) is 0 Å². The molecule has 108 valence electrons. The van der Waals surface area contributed by atoms with Crippen LogP contribution in [0.4, 0.5) is 0 Å². The first-order valence-corrected chi connectivity index (χ1v) is 7.26. The van der Waals surface area contributed by atoms with E-state index in [-0.39, 0.29) is 0 Å². The summed E-state index contributed by atoms with van der Waals surface area (Å²) in [5.41, 5.74) is 1.94. The number of alkyl halides is 1. The van der Waals surface area contributed by atoms with E-state index in [0.29, 0.717) is 18.9 Å². The van der Waals surface area contributed by atoms with Crippen LogP contribution in [0.15, 0.2) is 48.5 Å². The minimum absolute atomic E-state index is 0.461. The zero-order valence-corrected chi connectivity index (χ0v) is 12.7. The van der Waals surface area contributed by atoms with Crippen molar-refractivity contribution in [3.05, 3.63) is 59.7 Å². The summed E-state index contributed by atoms with van der Waals surface area (Å²) in [6.45, 7) is 0.461. The minimum Gasteiger partial charge on any atom is -0.496 e. The predicted octanol–water partition coefficient (Wildman–Crippen LogP) is 4.25. The molecule has 0 heterocycles. The highest BCUT2D eigenvalue weighted by Gasteiger charge is 2.02. The number of rotatable bonds is 5. The van der Waals surface area contributed by atoms with Crippen LogP contribution in [0.25, 0.3) is 0 Å². The fraction of sp³-hybridized carbons (Fsp3) is 0.222. The highest BCUT2D eigenvalue weighted by atomic mass is 35.5. The van der Waals surface area contributed by atoms with E-state index in [9.17, 15) is 0 Å². The van der Waals surface area contributed by atoms with Crippen molar-refractivity contribution in [3.8, 4) is 23.3 Å². The molecular formula is C18H17ClO2. The van der Waals surface area contributed by atoms with Gasteiger partial charge in [-0.3, -0.25) is 0 Å². The van der Waals surface area contributed by atoms with Crippen LogP contribution < -0.4 is 9.47 Å². The molecule has 0 radical (unpaired) electrons. The van der Waals surface area contributed by atoms with Crippen molar-refractivity contribution in [1.29, 1.82) is 0 Å². The van der Waals surface area contributed by atoms with Gasteiger partial charge in [0, 0.05) is 23.4 Å². The number of methoxy groups -OCH3 is 1. The number of ether oxygens (including phenoxy) is 2. The fourth-order valence-corrected chi connectivity index (χ4v) is 1.95. The van der Waals surface area contributed by atoms with E-state index < -0.39 is 0 Å². The summed E-state index contributed by atoms with van der Waals surface area (Å²) in [7, 11) is 1.66. The predicted molar refractivity (Wildman–Crippen MR) is 86.0 cm³/mol. The molecule has 2 aromatic rings. The third kappa shape index (κ3) is 4.73. The molecule has 0 bridgehead atoms. The van der Waals surface area contributed by atoms with Crippen LogP contribution in [0.1, 0.15) is 17.5 Å². The Morgan fingerprint density at radius 3 is 2.76 bits per heavy atom. The molecule has 0 N–H and O–H groups in total. The van der Waals surface area contributed by atoms with E-state index >= 15 is 0 Å². The second-order valence-corrected chi connectivity index (χ2v) is 4.75. The summed E-state index contributed by atoms with van der Waals surface area (Å²) in [4.78, 5) is 0. The normalized spacial score (nSPS) is 9.62. The SMILES string of the molecule is COc1ccccc1COc1cccc(C#CCCCl)c1. The number of hydrogen-bond donors (Lipinski definition) is 0. The lowest BCUT2D eigenvalue weighted by atomic mass is 10.2. The smallest absolute Gasteiger partial charge is 0.125 e. The monoisotopic (exact) mass is 300 g/mol. The van der Waals surface area contributed by atoms with Gasteiger partial charge in [-0.2, -0.15) is 0 Å². The Morgan fingerprint density at radius 2 is 1.95 bits per heavy atom. The van der Waals surface area contributed by atoms with Crippen LogP contribution in [-0.4, -0.2) is 13.0 Å². The van der Waals surface area contributed by atoms with Crippen molar-refractivity contribution >= 4 is 11.6 Å². The zero-order chi connectivity index (χ0) is 14.9. The molecule has 2 rings (SSSR count). The summed E-state index contributed by atoms with van der Waals surface area (Å²) in [6.07, 6.45) is 0.688. The molecule has 0 spiro atoms. The van der Waals surface area contributed by atoms with Gasteiger partial charge in [-0.15, -0.1) is 11.6 Å². The summed E-state index contributed by atoms with van der Waals surface area (Å²) >= 11 is 5.61. The molecule has 0 saturated carbocycles. The maximum Gasteiger partial charge on any atom is 0.125 e. The number of hydrogen-bond acceptors (Lipinski definition) is 2. The largest absolute Gasteiger partial charge is 0.496 e. The first kappa shape index (κ1) is 15.3. The number of benzene rings is 2. The van der Waals surface area contributed by atoms with Crippen LogP contribution >= 0.6 is 11.6 Å². The van der Waals surface area contributed by atoms with Crippen molar-refractivity contribution in [2.24, 2.45) is 0 Å². The van der Waals surface area contributed by atoms with Gasteiger partial charge >= 0.3 is 0 Å². The van der Waals surface area contributed by atoms with Gasteiger partial charge in [0.25, 0.3) is 0 Å². The zero-order valence-electron chi connectivity index (χ0n) is 11.9. The van der Waals surface area contributed by atoms with E-state index in [0.717, 1.165) is 22.6 Å². The summed E-state index contributed by atoms with van der Waals surface area (Å²) in [5, 5.41) is 0. The summed E-state index contributed by atoms with van der Waals surface area (Å²) in [6, 6.07) is 15.6. The van der Waals surface area contributed by atoms with Crippen molar-refractivity contribution < 1.29 is 9.47 Å². The first-order valence-electron chi connectivity index (χ1n) is 6.73. The second-order valence-electron chi connectivity index (χ2n) is 4.37. The van der Waals surface area contributed by atoms with E-state index in [1.807, 2.05) is 48.5 Å². The Bertz CT molecular complexity index is 641. The lowest BCUT2D eigenvalue weighted by Gasteiger charge is -2.10. The second kappa shape index (κ2) is 8.24. The number of para-hydroxylation sites is 1. The Hall–Kier alpha value is -2.11. The first-order chi connectivity index (χ1) is 10.3. The molecular weight excluding hydrogens is 284 g/mol. The quantitative estimate of drug-likeness (QED) is 0.607. The molecule has 0 amide bonds. The standard InChI is InChI=1S/C18H17ClO2/c1-20-18-11-3-2-9-16(18)14-21-17-10-6-8-15(13-17)7-4-5-12-19/h2-3,6,8-11,13H,5,12,14H2,1H3. The minimum atomic E-state index is 0.461. The molecule has 0 aliphatic carbocycles. The maximum absolute atomic E-state index is 5.81. The van der Waals surface area contributed by atoms with E-state index in [1.165, 1.54) is 0 Å². The van der Waals surface area contributed by atoms with Crippen LogP contribution in [0.5, 0.6) is 11.5 Å². The topological polar surface area (TPSA) is 18.5 Å². The van der Waals surface area contributed by atoms with Crippen LogP contribution in [0, 0.1) is 11.8 Å². The van der Waals surface area contributed by atoms with Gasteiger partial charge in [0.05, 0.1) is 7.11 Å². The van der Waals surface area contributed by atoms with Crippen molar-refractivity contribution in [2.45, 2.75) is 13.0 Å². The van der Waals surface area contributed by atoms with Gasteiger partial charge in [-0.05, 0) is 24.3 Å². The fourth-order valence-electron chi connectivity index (χ4n) is 1.86. The van der Waals surface area contributed by atoms with Crippen LogP contribution in [0.2, 0.25) is 0 Å². The Morgan fingerprint density at radius 1 is 1.10 bits per heavy atom. The van der Waals surface area contributed by atoms with Gasteiger partial charge in [0.1, 0.15) is 18.1 Å². The molecule has 0 aliphatic heterocycles. The van der Waals surface area contributed by atoms with Gasteiger partial charge in [-0.1, -0.05) is 36.1 Å². The molecule has 3 heteroatoms. The van der Waals surface area contributed by atoms with E-state index in [1.54, 1.807) is 7.11 Å². The Kier molecular flexibility index (Phi) is 5.99. The molecule has 0 fully saturated rings. The highest BCUT2D eigenvalue weighted by molar-refractivity contribution is 6.18. The maximum atomic E-state index is 5.81. The molecule has 2 aromatic carbocycles. The molecule has 21 heavy (non-hydrogen) atoms. The van der Waals surface area contributed by atoms with E-state index in [2.05, 4.69) is 11.8 Å². The van der Waals surface area contributed by atoms with Crippen molar-refractivity contribution in [3.63, 3.8) is 0 Å². The van der Waals surface area contributed by atoms with Crippen molar-refractivity contribution in [2.75, 3.05) is 13.0 Å². The Labute approximate surface area is 130 Å². The number of halogens is 1. The van der Waals surface area contributed by atoms with E-state index in [4.69, 9.17) is 21.1 Å². The summed E-state index contributed by atoms with van der Waals surface area (Å²) in [5.74, 6) is 8.25. The highest BCUT2D eigenvalue weighted by Crippen LogP contribution is 2.20. The average Bonchev–Trinajstić information content (AvgIpc) is 2.54.